The van der Waals surface area contributed by atoms with Crippen molar-refractivity contribution in [1.29, 1.82) is 0 Å². The number of hydrogen-bond donors (Lipinski definition) is 2. The van der Waals surface area contributed by atoms with Crippen LogP contribution in [0.25, 0.3) is 0 Å². The Balaban J connectivity index is 3.95. The van der Waals surface area contributed by atoms with Crippen LogP contribution in [0.2, 0.25) is 0 Å². The summed E-state index contributed by atoms with van der Waals surface area (Å²) in [5, 5.41) is 8.88. The summed E-state index contributed by atoms with van der Waals surface area (Å²) in [4.78, 5) is 10.8. The van der Waals surface area contributed by atoms with Crippen molar-refractivity contribution >= 4 is 18.6 Å². The average Bonchev–Trinajstić information content (AvgIpc) is 2.12. The van der Waals surface area contributed by atoms with Gasteiger partial charge in [0, 0.05) is 0 Å². The van der Waals surface area contributed by atoms with Crippen LogP contribution >= 0.6 is 12.6 Å². The highest BCUT2D eigenvalue weighted by atomic mass is 32.1. The van der Waals surface area contributed by atoms with Gasteiger partial charge in [-0.1, -0.05) is 33.1 Å². The highest BCUT2D eigenvalue weighted by Crippen LogP contribution is 2.26. The Morgan fingerprint density at radius 1 is 1.43 bits per heavy atom. The number of carboxylic acid groups (broad SMARTS) is 1. The van der Waals surface area contributed by atoms with E-state index >= 15 is 0 Å². The van der Waals surface area contributed by atoms with Crippen LogP contribution in [0.4, 0.5) is 0 Å². The Morgan fingerprint density at radius 2 is 2.00 bits per heavy atom. The molecule has 0 spiro atoms. The molecular formula is C11H22O2S. The highest BCUT2D eigenvalue weighted by Gasteiger charge is 2.28. The molecule has 0 heterocycles. The lowest BCUT2D eigenvalue weighted by atomic mass is 9.91. The fourth-order valence-corrected chi connectivity index (χ4v) is 1.68. The second kappa shape index (κ2) is 6.33. The molecular weight excluding hydrogens is 196 g/mol. The molecule has 0 saturated heterocycles. The lowest BCUT2D eigenvalue weighted by molar-refractivity contribution is -0.139. The molecule has 2 unspecified atom stereocenters. The first kappa shape index (κ1) is 13.8. The van der Waals surface area contributed by atoms with Crippen molar-refractivity contribution in [3.8, 4) is 0 Å². The first-order valence-corrected chi connectivity index (χ1v) is 5.84. The van der Waals surface area contributed by atoms with Crippen LogP contribution in [0, 0.1) is 5.92 Å². The minimum Gasteiger partial charge on any atom is -0.480 e. The predicted molar refractivity (Wildman–Crippen MR) is 62.9 cm³/mol. The van der Waals surface area contributed by atoms with E-state index in [1.54, 1.807) is 6.92 Å². The van der Waals surface area contributed by atoms with Gasteiger partial charge in [-0.2, -0.15) is 12.6 Å². The van der Waals surface area contributed by atoms with E-state index in [0.29, 0.717) is 12.3 Å². The van der Waals surface area contributed by atoms with Crippen LogP contribution in [-0.2, 0) is 4.79 Å². The summed E-state index contributed by atoms with van der Waals surface area (Å²) in [5.41, 5.74) is 0. The van der Waals surface area contributed by atoms with Crippen LogP contribution in [0.1, 0.15) is 52.9 Å². The molecule has 0 bridgehead atoms. The summed E-state index contributed by atoms with van der Waals surface area (Å²) in [6.45, 7) is 6.01. The zero-order valence-electron chi connectivity index (χ0n) is 9.42. The number of thiol groups is 1. The Bertz CT molecular complexity index is 178. The average molecular weight is 218 g/mol. The van der Waals surface area contributed by atoms with Gasteiger partial charge in [0.25, 0.3) is 0 Å². The molecule has 2 nitrogen and oxygen atoms in total. The SMILES string of the molecule is CCCC(CC)CCC(C)(S)C(=O)O. The smallest absolute Gasteiger partial charge is 0.319 e. The van der Waals surface area contributed by atoms with Crippen molar-refractivity contribution < 1.29 is 9.90 Å². The van der Waals surface area contributed by atoms with E-state index in [9.17, 15) is 4.79 Å². The normalized spacial score (nSPS) is 17.4. The van der Waals surface area contributed by atoms with Gasteiger partial charge in [0.2, 0.25) is 0 Å². The van der Waals surface area contributed by atoms with Crippen molar-refractivity contribution in [3.63, 3.8) is 0 Å². The molecule has 0 aliphatic rings. The second-order valence-corrected chi connectivity index (χ2v) is 5.17. The minimum atomic E-state index is -0.860. The van der Waals surface area contributed by atoms with E-state index in [-0.39, 0.29) is 0 Å². The zero-order valence-corrected chi connectivity index (χ0v) is 10.3. The third-order valence-electron chi connectivity index (χ3n) is 2.77. The van der Waals surface area contributed by atoms with Crippen molar-refractivity contribution in [1.82, 2.24) is 0 Å². The maximum absolute atomic E-state index is 10.8. The summed E-state index contributed by atoms with van der Waals surface area (Å²) in [5.74, 6) is -0.155. The maximum Gasteiger partial charge on any atom is 0.319 e. The molecule has 0 fully saturated rings. The van der Waals surface area contributed by atoms with Crippen molar-refractivity contribution in [3.05, 3.63) is 0 Å². The topological polar surface area (TPSA) is 37.3 Å². The van der Waals surface area contributed by atoms with E-state index in [2.05, 4.69) is 26.5 Å². The number of aliphatic carboxylic acids is 1. The van der Waals surface area contributed by atoms with Gasteiger partial charge in [-0.05, 0) is 25.7 Å². The number of hydrogen-bond acceptors (Lipinski definition) is 2. The molecule has 0 saturated carbocycles. The summed E-state index contributed by atoms with van der Waals surface area (Å²) < 4.78 is -0.860. The van der Waals surface area contributed by atoms with E-state index in [1.165, 1.54) is 12.8 Å². The molecule has 0 aromatic heterocycles. The molecule has 2 atom stereocenters. The Kier molecular flexibility index (Phi) is 6.25. The molecule has 0 radical (unpaired) electrons. The van der Waals surface area contributed by atoms with Gasteiger partial charge >= 0.3 is 5.97 Å². The molecule has 1 N–H and O–H groups in total. The van der Waals surface area contributed by atoms with E-state index in [0.717, 1.165) is 12.8 Å². The van der Waals surface area contributed by atoms with Crippen LogP contribution in [0.15, 0.2) is 0 Å². The van der Waals surface area contributed by atoms with E-state index in [1.807, 2.05) is 0 Å². The van der Waals surface area contributed by atoms with Crippen molar-refractivity contribution in [2.45, 2.75) is 57.6 Å². The van der Waals surface area contributed by atoms with Gasteiger partial charge in [0.1, 0.15) is 4.75 Å². The summed E-state index contributed by atoms with van der Waals surface area (Å²) in [6.07, 6.45) is 5.13. The first-order valence-electron chi connectivity index (χ1n) is 5.39. The Labute approximate surface area is 92.5 Å². The van der Waals surface area contributed by atoms with Crippen molar-refractivity contribution in [2.75, 3.05) is 0 Å². The fraction of sp³-hybridized carbons (Fsp3) is 0.909. The quantitative estimate of drug-likeness (QED) is 0.643. The molecule has 0 amide bonds. The lowest BCUT2D eigenvalue weighted by Crippen LogP contribution is -2.29. The summed E-state index contributed by atoms with van der Waals surface area (Å²) >= 11 is 4.16. The predicted octanol–water partition coefficient (Wildman–Crippen LogP) is 3.37. The van der Waals surface area contributed by atoms with Crippen LogP contribution in [0.5, 0.6) is 0 Å². The Morgan fingerprint density at radius 3 is 2.36 bits per heavy atom. The molecule has 84 valence electrons. The second-order valence-electron chi connectivity index (χ2n) is 4.18. The molecule has 0 aromatic rings. The number of rotatable bonds is 7. The zero-order chi connectivity index (χ0) is 11.2. The monoisotopic (exact) mass is 218 g/mol. The van der Waals surface area contributed by atoms with Crippen LogP contribution in [0.3, 0.4) is 0 Å². The minimum absolute atomic E-state index is 0.657. The third-order valence-corrected chi connectivity index (χ3v) is 3.19. The van der Waals surface area contributed by atoms with Gasteiger partial charge in [0.15, 0.2) is 0 Å². The largest absolute Gasteiger partial charge is 0.480 e. The third kappa shape index (κ3) is 4.89. The first-order chi connectivity index (χ1) is 6.44. The molecule has 0 rings (SSSR count). The molecule has 0 aliphatic heterocycles. The van der Waals surface area contributed by atoms with Gasteiger partial charge in [0.05, 0.1) is 0 Å². The van der Waals surface area contributed by atoms with Gasteiger partial charge in [-0.3, -0.25) is 4.79 Å². The van der Waals surface area contributed by atoms with E-state index in [4.69, 9.17) is 5.11 Å². The van der Waals surface area contributed by atoms with Crippen LogP contribution < -0.4 is 0 Å². The lowest BCUT2D eigenvalue weighted by Gasteiger charge is -2.21. The highest BCUT2D eigenvalue weighted by molar-refractivity contribution is 7.82. The Hall–Kier alpha value is -0.180. The van der Waals surface area contributed by atoms with Gasteiger partial charge in [-0.25, -0.2) is 0 Å². The number of carbonyl (C=O) groups is 1. The molecule has 3 heteroatoms. The van der Waals surface area contributed by atoms with Crippen LogP contribution in [-0.4, -0.2) is 15.8 Å². The van der Waals surface area contributed by atoms with E-state index < -0.39 is 10.7 Å². The van der Waals surface area contributed by atoms with Gasteiger partial charge < -0.3 is 5.11 Å². The number of carboxylic acids is 1. The maximum atomic E-state index is 10.8. The molecule has 14 heavy (non-hydrogen) atoms. The standard InChI is InChI=1S/C11H22O2S/c1-4-6-9(5-2)7-8-11(3,14)10(12)13/h9,14H,4-8H2,1-3H3,(H,12,13). The molecule has 0 aromatic carbocycles. The van der Waals surface area contributed by atoms with Gasteiger partial charge in [-0.15, -0.1) is 0 Å². The summed E-state index contributed by atoms with van der Waals surface area (Å²) in [6, 6.07) is 0. The fourth-order valence-electron chi connectivity index (χ4n) is 1.55. The summed E-state index contributed by atoms with van der Waals surface area (Å²) in [7, 11) is 0. The van der Waals surface area contributed by atoms with Crippen molar-refractivity contribution in [2.24, 2.45) is 5.92 Å². The molecule has 0 aliphatic carbocycles.